The maximum Gasteiger partial charge on any atom is 0.317 e. The highest BCUT2D eigenvalue weighted by atomic mass is 32.1. The molecule has 0 radical (unpaired) electrons. The lowest BCUT2D eigenvalue weighted by Gasteiger charge is -2.30. The molecule has 1 heterocycles. The minimum absolute atomic E-state index is 0.245. The van der Waals surface area contributed by atoms with Crippen LogP contribution in [0.5, 0.6) is 0 Å². The van der Waals surface area contributed by atoms with Gasteiger partial charge in [0.1, 0.15) is 5.41 Å². The number of ether oxygens (including phenoxy) is 1. The molecule has 1 aromatic heterocycles. The van der Waals surface area contributed by atoms with Gasteiger partial charge in [0.15, 0.2) is 0 Å². The molecule has 0 aliphatic heterocycles. The third-order valence-corrected chi connectivity index (χ3v) is 4.57. The van der Waals surface area contributed by atoms with Crippen LogP contribution in [0, 0.1) is 0 Å². The first kappa shape index (κ1) is 14.8. The highest BCUT2D eigenvalue weighted by molar-refractivity contribution is 7.09. The largest absolute Gasteiger partial charge is 0.468 e. The van der Waals surface area contributed by atoms with Gasteiger partial charge in [0.05, 0.1) is 7.11 Å². The van der Waals surface area contributed by atoms with Crippen molar-refractivity contribution in [2.75, 3.05) is 13.7 Å². The van der Waals surface area contributed by atoms with Crippen LogP contribution in [0.25, 0.3) is 0 Å². The summed E-state index contributed by atoms with van der Waals surface area (Å²) >= 11 is 1.70. The van der Waals surface area contributed by atoms with Gasteiger partial charge < -0.3 is 10.5 Å². The van der Waals surface area contributed by atoms with Gasteiger partial charge in [-0.1, -0.05) is 36.4 Å². The smallest absolute Gasteiger partial charge is 0.317 e. The van der Waals surface area contributed by atoms with Gasteiger partial charge in [0, 0.05) is 11.4 Å². The Labute approximate surface area is 123 Å². The van der Waals surface area contributed by atoms with Crippen LogP contribution in [0.3, 0.4) is 0 Å². The highest BCUT2D eigenvalue weighted by Gasteiger charge is 2.39. The molecule has 0 amide bonds. The van der Waals surface area contributed by atoms with Crippen molar-refractivity contribution in [1.82, 2.24) is 0 Å². The average Bonchev–Trinajstić information content (AvgIpc) is 3.02. The SMILES string of the molecule is COC(=O)C(CN)(CCc1cccs1)c1ccccc1. The van der Waals surface area contributed by atoms with Crippen LogP contribution in [-0.4, -0.2) is 19.6 Å². The second-order valence-electron chi connectivity index (χ2n) is 4.72. The first-order chi connectivity index (χ1) is 9.73. The lowest BCUT2D eigenvalue weighted by molar-refractivity contribution is -0.147. The number of benzene rings is 1. The van der Waals surface area contributed by atoms with E-state index in [1.54, 1.807) is 11.3 Å². The zero-order valence-corrected chi connectivity index (χ0v) is 12.4. The van der Waals surface area contributed by atoms with E-state index in [0.29, 0.717) is 6.42 Å². The Kier molecular flexibility index (Phi) is 4.93. The van der Waals surface area contributed by atoms with Gasteiger partial charge in [0.25, 0.3) is 0 Å². The summed E-state index contributed by atoms with van der Waals surface area (Å²) < 4.78 is 5.02. The zero-order valence-electron chi connectivity index (χ0n) is 11.5. The van der Waals surface area contributed by atoms with Crippen molar-refractivity contribution in [2.24, 2.45) is 5.73 Å². The normalized spacial score (nSPS) is 13.7. The number of carbonyl (C=O) groups is 1. The molecule has 2 aromatic rings. The van der Waals surface area contributed by atoms with Crippen molar-refractivity contribution < 1.29 is 9.53 Å². The van der Waals surface area contributed by atoms with Crippen LogP contribution in [0.2, 0.25) is 0 Å². The Balaban J connectivity index is 2.30. The second-order valence-corrected chi connectivity index (χ2v) is 5.76. The molecule has 0 saturated carbocycles. The summed E-state index contributed by atoms with van der Waals surface area (Å²) in [5, 5.41) is 2.04. The molecule has 3 nitrogen and oxygen atoms in total. The zero-order chi connectivity index (χ0) is 14.4. The predicted molar refractivity (Wildman–Crippen MR) is 81.8 cm³/mol. The van der Waals surface area contributed by atoms with E-state index in [0.717, 1.165) is 12.0 Å². The molecule has 0 spiro atoms. The number of rotatable bonds is 6. The minimum Gasteiger partial charge on any atom is -0.468 e. The number of carbonyl (C=O) groups excluding carboxylic acids is 1. The molecule has 1 aromatic carbocycles. The molecule has 20 heavy (non-hydrogen) atoms. The maximum absolute atomic E-state index is 12.3. The lowest BCUT2D eigenvalue weighted by Crippen LogP contribution is -2.44. The number of hydrogen-bond donors (Lipinski definition) is 1. The molecule has 0 aliphatic rings. The predicted octanol–water partition coefficient (Wildman–Crippen LogP) is 2.75. The lowest BCUT2D eigenvalue weighted by atomic mass is 9.76. The van der Waals surface area contributed by atoms with E-state index in [9.17, 15) is 4.79 Å². The van der Waals surface area contributed by atoms with Crippen molar-refractivity contribution in [3.8, 4) is 0 Å². The summed E-state index contributed by atoms with van der Waals surface area (Å²) in [6, 6.07) is 13.8. The van der Waals surface area contributed by atoms with Crippen LogP contribution in [0.1, 0.15) is 16.9 Å². The standard InChI is InChI=1S/C16H19NO2S/c1-19-15(18)16(12-17,13-6-3-2-4-7-13)10-9-14-8-5-11-20-14/h2-8,11H,9-10,12,17H2,1H3. The second kappa shape index (κ2) is 6.68. The monoisotopic (exact) mass is 289 g/mol. The third-order valence-electron chi connectivity index (χ3n) is 3.63. The molecular weight excluding hydrogens is 270 g/mol. The first-order valence-electron chi connectivity index (χ1n) is 6.59. The molecule has 106 valence electrons. The van der Waals surface area contributed by atoms with Crippen molar-refractivity contribution in [3.63, 3.8) is 0 Å². The van der Waals surface area contributed by atoms with Gasteiger partial charge in [0.2, 0.25) is 0 Å². The van der Waals surface area contributed by atoms with Crippen LogP contribution >= 0.6 is 11.3 Å². The van der Waals surface area contributed by atoms with E-state index in [-0.39, 0.29) is 12.5 Å². The Morgan fingerprint density at radius 1 is 1.25 bits per heavy atom. The molecule has 1 unspecified atom stereocenters. The van der Waals surface area contributed by atoms with E-state index in [1.807, 2.05) is 41.8 Å². The quantitative estimate of drug-likeness (QED) is 0.832. The first-order valence-corrected chi connectivity index (χ1v) is 7.47. The van der Waals surface area contributed by atoms with E-state index >= 15 is 0 Å². The van der Waals surface area contributed by atoms with Gasteiger partial charge >= 0.3 is 5.97 Å². The molecule has 4 heteroatoms. The van der Waals surface area contributed by atoms with Crippen LogP contribution in [-0.2, 0) is 21.4 Å². The summed E-state index contributed by atoms with van der Waals surface area (Å²) in [6.07, 6.45) is 1.47. The van der Waals surface area contributed by atoms with Crippen molar-refractivity contribution in [2.45, 2.75) is 18.3 Å². The van der Waals surface area contributed by atoms with Crippen molar-refractivity contribution in [1.29, 1.82) is 0 Å². The number of methoxy groups -OCH3 is 1. The van der Waals surface area contributed by atoms with Gasteiger partial charge in [-0.15, -0.1) is 11.3 Å². The molecule has 0 bridgehead atoms. The number of thiophene rings is 1. The fourth-order valence-corrected chi connectivity index (χ4v) is 3.12. The fraction of sp³-hybridized carbons (Fsp3) is 0.312. The van der Waals surface area contributed by atoms with Crippen molar-refractivity contribution >= 4 is 17.3 Å². The Bertz CT molecular complexity index is 539. The minimum atomic E-state index is -0.764. The molecule has 2 N–H and O–H groups in total. The summed E-state index contributed by atoms with van der Waals surface area (Å²) in [5.74, 6) is -0.261. The van der Waals surface area contributed by atoms with E-state index < -0.39 is 5.41 Å². The van der Waals surface area contributed by atoms with Gasteiger partial charge in [-0.2, -0.15) is 0 Å². The average molecular weight is 289 g/mol. The topological polar surface area (TPSA) is 52.3 Å². The van der Waals surface area contributed by atoms with Crippen molar-refractivity contribution in [3.05, 3.63) is 58.3 Å². The van der Waals surface area contributed by atoms with Crippen LogP contribution < -0.4 is 5.73 Å². The fourth-order valence-electron chi connectivity index (χ4n) is 2.41. The molecule has 2 rings (SSSR count). The number of aryl methyl sites for hydroxylation is 1. The molecule has 1 atom stereocenters. The Morgan fingerprint density at radius 3 is 2.55 bits per heavy atom. The van der Waals surface area contributed by atoms with Gasteiger partial charge in [-0.25, -0.2) is 0 Å². The van der Waals surface area contributed by atoms with Gasteiger partial charge in [-0.05, 0) is 29.9 Å². The molecule has 0 aliphatic carbocycles. The van der Waals surface area contributed by atoms with Gasteiger partial charge in [-0.3, -0.25) is 4.79 Å². The molecule has 0 fully saturated rings. The molecule has 0 saturated heterocycles. The number of esters is 1. The Morgan fingerprint density at radius 2 is 2.00 bits per heavy atom. The maximum atomic E-state index is 12.3. The Hall–Kier alpha value is -1.65. The van der Waals surface area contributed by atoms with Crippen LogP contribution in [0.15, 0.2) is 47.8 Å². The summed E-state index contributed by atoms with van der Waals surface area (Å²) in [4.78, 5) is 13.6. The number of nitrogens with two attached hydrogens (primary N) is 1. The van der Waals surface area contributed by atoms with E-state index in [4.69, 9.17) is 10.5 Å². The molecular formula is C16H19NO2S. The summed E-state index contributed by atoms with van der Waals surface area (Å²) in [7, 11) is 1.42. The highest BCUT2D eigenvalue weighted by Crippen LogP contribution is 2.31. The van der Waals surface area contributed by atoms with Crippen LogP contribution in [0.4, 0.5) is 0 Å². The third kappa shape index (κ3) is 2.92. The summed E-state index contributed by atoms with van der Waals surface area (Å²) in [6.45, 7) is 0.245. The van der Waals surface area contributed by atoms with E-state index in [1.165, 1.54) is 12.0 Å². The summed E-state index contributed by atoms with van der Waals surface area (Å²) in [5.41, 5.74) is 6.12. The number of hydrogen-bond acceptors (Lipinski definition) is 4. The van der Waals surface area contributed by atoms with E-state index in [2.05, 4.69) is 6.07 Å².